The molecule has 1 aromatic rings. The number of carbonyl (C=O) groups is 1. The minimum atomic E-state index is -0.572. The first-order valence-electron chi connectivity index (χ1n) is 4.72. The molecule has 0 aliphatic rings. The monoisotopic (exact) mass is 210 g/mol. The fourth-order valence-electron chi connectivity index (χ4n) is 1.25. The zero-order valence-corrected chi connectivity index (χ0v) is 9.09. The maximum absolute atomic E-state index is 10.6. The van der Waals surface area contributed by atoms with Crippen molar-refractivity contribution in [1.29, 1.82) is 0 Å². The molecule has 14 heavy (non-hydrogen) atoms. The first kappa shape index (κ1) is 11.1. The van der Waals surface area contributed by atoms with Crippen molar-refractivity contribution in [3.05, 3.63) is 29.8 Å². The van der Waals surface area contributed by atoms with Crippen molar-refractivity contribution in [3.8, 4) is 5.75 Å². The standard InChI is InChI=1S/C11H14O2S/c1-2-3-5-9-6-4-7-10(8-9)13-11(12)14/h4,6-8H,2-3,5H2,1H3,(H,12,14). The molecule has 0 saturated carbocycles. The van der Waals surface area contributed by atoms with Crippen LogP contribution in [0.15, 0.2) is 24.3 Å². The minimum Gasteiger partial charge on any atom is -0.419 e. The van der Waals surface area contributed by atoms with Gasteiger partial charge in [0, 0.05) is 0 Å². The maximum Gasteiger partial charge on any atom is 0.369 e. The summed E-state index contributed by atoms with van der Waals surface area (Å²) in [4.78, 5) is 10.6. The van der Waals surface area contributed by atoms with E-state index in [4.69, 9.17) is 4.74 Å². The Morgan fingerprint density at radius 3 is 2.93 bits per heavy atom. The SMILES string of the molecule is CCCCc1cccc(OC(=O)S)c1. The summed E-state index contributed by atoms with van der Waals surface area (Å²) < 4.78 is 4.86. The number of benzene rings is 1. The summed E-state index contributed by atoms with van der Waals surface area (Å²) in [6, 6.07) is 7.55. The van der Waals surface area contributed by atoms with E-state index in [1.807, 2.05) is 18.2 Å². The van der Waals surface area contributed by atoms with Gasteiger partial charge in [-0.2, -0.15) is 0 Å². The Balaban J connectivity index is 2.63. The van der Waals surface area contributed by atoms with Crippen molar-refractivity contribution in [1.82, 2.24) is 0 Å². The number of aryl methyl sites for hydroxylation is 1. The molecule has 3 heteroatoms. The molecular formula is C11H14O2S. The van der Waals surface area contributed by atoms with Crippen molar-refractivity contribution in [2.45, 2.75) is 26.2 Å². The molecular weight excluding hydrogens is 196 g/mol. The van der Waals surface area contributed by atoms with E-state index in [1.165, 1.54) is 5.56 Å². The van der Waals surface area contributed by atoms with E-state index in [1.54, 1.807) is 6.07 Å². The zero-order chi connectivity index (χ0) is 10.4. The Morgan fingerprint density at radius 1 is 1.50 bits per heavy atom. The van der Waals surface area contributed by atoms with Crippen molar-refractivity contribution in [2.24, 2.45) is 0 Å². The van der Waals surface area contributed by atoms with Gasteiger partial charge in [-0.05, 0) is 30.5 Å². The van der Waals surface area contributed by atoms with Gasteiger partial charge in [0.05, 0.1) is 0 Å². The third kappa shape index (κ3) is 3.83. The molecule has 0 atom stereocenters. The van der Waals surface area contributed by atoms with Crippen molar-refractivity contribution >= 4 is 17.9 Å². The average molecular weight is 210 g/mol. The smallest absolute Gasteiger partial charge is 0.369 e. The van der Waals surface area contributed by atoms with E-state index >= 15 is 0 Å². The normalized spacial score (nSPS) is 9.86. The summed E-state index contributed by atoms with van der Waals surface area (Å²) >= 11 is 3.55. The van der Waals surface area contributed by atoms with Gasteiger partial charge in [-0.3, -0.25) is 0 Å². The second-order valence-electron chi connectivity index (χ2n) is 3.12. The fraction of sp³-hybridized carbons (Fsp3) is 0.364. The topological polar surface area (TPSA) is 26.3 Å². The van der Waals surface area contributed by atoms with Gasteiger partial charge in [0.25, 0.3) is 0 Å². The van der Waals surface area contributed by atoms with E-state index in [-0.39, 0.29) is 0 Å². The predicted octanol–water partition coefficient (Wildman–Crippen LogP) is 3.46. The van der Waals surface area contributed by atoms with Crippen LogP contribution in [0.3, 0.4) is 0 Å². The van der Waals surface area contributed by atoms with Gasteiger partial charge in [0.2, 0.25) is 0 Å². The highest BCUT2D eigenvalue weighted by molar-refractivity contribution is 7.96. The lowest BCUT2D eigenvalue weighted by atomic mass is 10.1. The van der Waals surface area contributed by atoms with E-state index in [9.17, 15) is 4.79 Å². The molecule has 2 nitrogen and oxygen atoms in total. The summed E-state index contributed by atoms with van der Waals surface area (Å²) in [5.41, 5.74) is 1.19. The number of carbonyl (C=O) groups excluding carboxylic acids is 1. The number of rotatable bonds is 4. The molecule has 1 rings (SSSR count). The summed E-state index contributed by atoms with van der Waals surface area (Å²) in [6.07, 6.45) is 3.34. The molecule has 0 saturated heterocycles. The van der Waals surface area contributed by atoms with Gasteiger partial charge in [-0.1, -0.05) is 38.1 Å². The summed E-state index contributed by atoms with van der Waals surface area (Å²) in [5.74, 6) is 0.568. The van der Waals surface area contributed by atoms with Crippen molar-refractivity contribution in [2.75, 3.05) is 0 Å². The number of thiol groups is 1. The quantitative estimate of drug-likeness (QED) is 0.608. The van der Waals surface area contributed by atoms with Gasteiger partial charge in [0.15, 0.2) is 0 Å². The third-order valence-corrected chi connectivity index (χ3v) is 2.01. The Bertz CT molecular complexity index is 310. The lowest BCUT2D eigenvalue weighted by Crippen LogP contribution is -1.96. The van der Waals surface area contributed by atoms with Gasteiger partial charge >= 0.3 is 5.30 Å². The second-order valence-corrected chi connectivity index (χ2v) is 3.48. The number of hydrogen-bond acceptors (Lipinski definition) is 2. The number of hydrogen-bond donors (Lipinski definition) is 1. The molecule has 0 spiro atoms. The molecule has 0 amide bonds. The summed E-state index contributed by atoms with van der Waals surface area (Å²) in [5, 5.41) is -0.572. The van der Waals surface area contributed by atoms with Gasteiger partial charge in [-0.25, -0.2) is 4.79 Å². The molecule has 0 aromatic heterocycles. The Hall–Kier alpha value is -0.960. The minimum absolute atomic E-state index is 0.568. The van der Waals surface area contributed by atoms with Crippen LogP contribution in [0.5, 0.6) is 5.75 Å². The Kier molecular flexibility index (Phi) is 4.53. The average Bonchev–Trinajstić information content (AvgIpc) is 2.14. The van der Waals surface area contributed by atoms with E-state index in [2.05, 4.69) is 19.6 Å². The molecule has 0 bridgehead atoms. The lowest BCUT2D eigenvalue weighted by Gasteiger charge is -2.03. The lowest BCUT2D eigenvalue weighted by molar-refractivity contribution is 0.227. The van der Waals surface area contributed by atoms with Crippen LogP contribution in [-0.4, -0.2) is 5.30 Å². The van der Waals surface area contributed by atoms with Crippen LogP contribution in [0, 0.1) is 0 Å². The number of unbranched alkanes of at least 4 members (excludes halogenated alkanes) is 1. The maximum atomic E-state index is 10.6. The fourth-order valence-corrected chi connectivity index (χ4v) is 1.35. The number of ether oxygens (including phenoxy) is 1. The highest BCUT2D eigenvalue weighted by Gasteiger charge is 1.99. The molecule has 76 valence electrons. The van der Waals surface area contributed by atoms with Crippen LogP contribution >= 0.6 is 12.6 Å². The van der Waals surface area contributed by atoms with Crippen LogP contribution in [0.1, 0.15) is 25.3 Å². The Labute approximate surface area is 89.7 Å². The van der Waals surface area contributed by atoms with Gasteiger partial charge in [-0.15, -0.1) is 0 Å². The molecule has 0 unspecified atom stereocenters. The predicted molar refractivity (Wildman–Crippen MR) is 60.1 cm³/mol. The van der Waals surface area contributed by atoms with Gasteiger partial charge in [0.1, 0.15) is 5.75 Å². The van der Waals surface area contributed by atoms with Gasteiger partial charge < -0.3 is 4.74 Å². The molecule has 0 N–H and O–H groups in total. The summed E-state index contributed by atoms with van der Waals surface area (Å²) in [7, 11) is 0. The van der Waals surface area contributed by atoms with Crippen LogP contribution in [0.4, 0.5) is 4.79 Å². The zero-order valence-electron chi connectivity index (χ0n) is 8.19. The van der Waals surface area contributed by atoms with E-state index < -0.39 is 5.30 Å². The molecule has 0 heterocycles. The van der Waals surface area contributed by atoms with Crippen molar-refractivity contribution < 1.29 is 9.53 Å². The van der Waals surface area contributed by atoms with Crippen LogP contribution in [0.25, 0.3) is 0 Å². The highest BCUT2D eigenvalue weighted by atomic mass is 32.1. The Morgan fingerprint density at radius 2 is 2.29 bits per heavy atom. The van der Waals surface area contributed by atoms with Crippen LogP contribution < -0.4 is 4.74 Å². The molecule has 1 aromatic carbocycles. The molecule has 0 aliphatic heterocycles. The van der Waals surface area contributed by atoms with E-state index in [0.717, 1.165) is 19.3 Å². The second kappa shape index (κ2) is 5.70. The van der Waals surface area contributed by atoms with E-state index in [0.29, 0.717) is 5.75 Å². The van der Waals surface area contributed by atoms with Crippen LogP contribution in [0.2, 0.25) is 0 Å². The first-order valence-corrected chi connectivity index (χ1v) is 5.17. The third-order valence-electron chi connectivity index (χ3n) is 1.92. The largest absolute Gasteiger partial charge is 0.419 e. The summed E-state index contributed by atoms with van der Waals surface area (Å²) in [6.45, 7) is 2.15. The van der Waals surface area contributed by atoms with Crippen molar-refractivity contribution in [3.63, 3.8) is 0 Å². The molecule has 0 fully saturated rings. The molecule has 0 radical (unpaired) electrons. The van der Waals surface area contributed by atoms with Crippen LogP contribution in [-0.2, 0) is 6.42 Å². The molecule has 0 aliphatic carbocycles. The highest BCUT2D eigenvalue weighted by Crippen LogP contribution is 2.15. The first-order chi connectivity index (χ1) is 6.72.